The lowest BCUT2D eigenvalue weighted by molar-refractivity contribution is -0.138. The topological polar surface area (TPSA) is 65.0 Å². The van der Waals surface area contributed by atoms with E-state index in [1.54, 1.807) is 26.2 Å². The molecule has 5 heteroatoms. The van der Waals surface area contributed by atoms with Crippen LogP contribution in [0.15, 0.2) is 12.1 Å². The molecule has 1 rings (SSSR count). The number of ether oxygens (including phenoxy) is 3. The molecule has 100 valence electrons. The summed E-state index contributed by atoms with van der Waals surface area (Å²) in [4.78, 5) is 11.2. The van der Waals surface area contributed by atoms with Gasteiger partial charge in [0.25, 0.3) is 0 Å². The van der Waals surface area contributed by atoms with Crippen LogP contribution in [0, 0.1) is 0 Å². The van der Waals surface area contributed by atoms with Crippen LogP contribution in [-0.4, -0.2) is 32.4 Å². The van der Waals surface area contributed by atoms with Crippen molar-refractivity contribution in [3.05, 3.63) is 23.3 Å². The first-order chi connectivity index (χ1) is 8.56. The van der Waals surface area contributed by atoms with E-state index in [2.05, 4.69) is 0 Å². The maximum absolute atomic E-state index is 11.2. The fraction of sp³-hybridized carbons (Fsp3) is 0.462. The van der Waals surface area contributed by atoms with Crippen molar-refractivity contribution in [1.29, 1.82) is 0 Å². The van der Waals surface area contributed by atoms with Crippen LogP contribution in [0.4, 0.5) is 0 Å². The van der Waals surface area contributed by atoms with Gasteiger partial charge < -0.3 is 19.3 Å². The van der Waals surface area contributed by atoms with Gasteiger partial charge in [-0.2, -0.15) is 0 Å². The summed E-state index contributed by atoms with van der Waals surface area (Å²) in [6.45, 7) is 1.88. The molecule has 0 fully saturated rings. The molecule has 0 aliphatic carbocycles. The van der Waals surface area contributed by atoms with E-state index < -0.39 is 11.9 Å². The Bertz CT molecular complexity index is 428. The molecule has 0 radical (unpaired) electrons. The monoisotopic (exact) mass is 254 g/mol. The summed E-state index contributed by atoms with van der Waals surface area (Å²) in [7, 11) is 4.60. The molecule has 1 aromatic carbocycles. The van der Waals surface area contributed by atoms with Crippen LogP contribution in [0.1, 0.15) is 24.0 Å². The zero-order chi connectivity index (χ0) is 13.7. The smallest absolute Gasteiger partial charge is 0.310 e. The molecule has 0 heterocycles. The van der Waals surface area contributed by atoms with Crippen molar-refractivity contribution < 1.29 is 24.1 Å². The lowest BCUT2D eigenvalue weighted by Crippen LogP contribution is -2.13. The Hall–Kier alpha value is -1.75. The standard InChI is InChI=1S/C13H18O5/c1-8(13(14)15)12-9(7-16-2)10(17-3)5-6-11(12)18-4/h5-6,8H,7H2,1-4H3,(H,14,15). The van der Waals surface area contributed by atoms with Crippen molar-refractivity contribution in [3.8, 4) is 11.5 Å². The number of aliphatic carboxylic acids is 1. The summed E-state index contributed by atoms with van der Waals surface area (Å²) in [5.74, 6) is -0.488. The van der Waals surface area contributed by atoms with Gasteiger partial charge in [-0.25, -0.2) is 0 Å². The van der Waals surface area contributed by atoms with E-state index >= 15 is 0 Å². The lowest BCUT2D eigenvalue weighted by atomic mass is 9.94. The predicted octanol–water partition coefficient (Wildman–Crippen LogP) is 2.04. The van der Waals surface area contributed by atoms with Gasteiger partial charge >= 0.3 is 5.97 Å². The molecular weight excluding hydrogens is 236 g/mol. The largest absolute Gasteiger partial charge is 0.496 e. The molecule has 0 bridgehead atoms. The Kier molecular flexibility index (Phi) is 4.97. The van der Waals surface area contributed by atoms with Crippen molar-refractivity contribution in [3.63, 3.8) is 0 Å². The molecule has 0 aliphatic rings. The van der Waals surface area contributed by atoms with Crippen molar-refractivity contribution in [2.75, 3.05) is 21.3 Å². The van der Waals surface area contributed by atoms with Gasteiger partial charge in [0.1, 0.15) is 11.5 Å². The van der Waals surface area contributed by atoms with Crippen LogP contribution in [-0.2, 0) is 16.1 Å². The molecule has 0 aromatic heterocycles. The number of hydrogen-bond donors (Lipinski definition) is 1. The summed E-state index contributed by atoms with van der Waals surface area (Å²) in [5, 5.41) is 9.17. The zero-order valence-corrected chi connectivity index (χ0v) is 11.0. The van der Waals surface area contributed by atoms with Gasteiger partial charge in [0.15, 0.2) is 0 Å². The molecule has 0 amide bonds. The van der Waals surface area contributed by atoms with Crippen molar-refractivity contribution >= 4 is 5.97 Å². The van der Waals surface area contributed by atoms with Crippen molar-refractivity contribution in [1.82, 2.24) is 0 Å². The van der Waals surface area contributed by atoms with E-state index in [1.807, 2.05) is 0 Å². The van der Waals surface area contributed by atoms with E-state index in [-0.39, 0.29) is 6.61 Å². The van der Waals surface area contributed by atoms with E-state index in [0.717, 1.165) is 0 Å². The summed E-state index contributed by atoms with van der Waals surface area (Å²) in [6, 6.07) is 3.44. The molecule has 1 N–H and O–H groups in total. The van der Waals surface area contributed by atoms with Gasteiger partial charge in [-0.1, -0.05) is 0 Å². The summed E-state index contributed by atoms with van der Waals surface area (Å²) in [6.07, 6.45) is 0. The van der Waals surface area contributed by atoms with E-state index in [1.165, 1.54) is 14.2 Å². The van der Waals surface area contributed by atoms with Crippen molar-refractivity contribution in [2.45, 2.75) is 19.4 Å². The molecular formula is C13H18O5. The minimum absolute atomic E-state index is 0.271. The van der Waals surface area contributed by atoms with Gasteiger partial charge in [-0.15, -0.1) is 0 Å². The highest BCUT2D eigenvalue weighted by Gasteiger charge is 2.24. The maximum Gasteiger partial charge on any atom is 0.310 e. The second kappa shape index (κ2) is 6.26. The van der Waals surface area contributed by atoms with Gasteiger partial charge in [0.2, 0.25) is 0 Å². The molecule has 0 saturated carbocycles. The molecule has 0 spiro atoms. The first-order valence-corrected chi connectivity index (χ1v) is 5.52. The first-order valence-electron chi connectivity index (χ1n) is 5.52. The first kappa shape index (κ1) is 14.3. The second-order valence-corrected chi connectivity index (χ2v) is 3.86. The molecule has 1 aromatic rings. The Balaban J connectivity index is 3.44. The van der Waals surface area contributed by atoms with Gasteiger partial charge in [-0.05, 0) is 19.1 Å². The van der Waals surface area contributed by atoms with Gasteiger partial charge in [0.05, 0.1) is 26.7 Å². The van der Waals surface area contributed by atoms with Gasteiger partial charge in [0, 0.05) is 18.2 Å². The molecule has 18 heavy (non-hydrogen) atoms. The highest BCUT2D eigenvalue weighted by Crippen LogP contribution is 2.36. The highest BCUT2D eigenvalue weighted by molar-refractivity contribution is 5.78. The van der Waals surface area contributed by atoms with Crippen LogP contribution in [0.5, 0.6) is 11.5 Å². The molecule has 1 atom stereocenters. The lowest BCUT2D eigenvalue weighted by Gasteiger charge is -2.19. The van der Waals surface area contributed by atoms with Crippen LogP contribution in [0.2, 0.25) is 0 Å². The molecule has 0 aliphatic heterocycles. The molecule has 1 unspecified atom stereocenters. The number of carboxylic acids is 1. The van der Waals surface area contributed by atoms with Crippen LogP contribution in [0.25, 0.3) is 0 Å². The summed E-state index contributed by atoms with van der Waals surface area (Å²) in [5.41, 5.74) is 1.29. The van der Waals surface area contributed by atoms with Crippen LogP contribution >= 0.6 is 0 Å². The molecule has 0 saturated heterocycles. The van der Waals surface area contributed by atoms with E-state index in [4.69, 9.17) is 14.2 Å². The normalized spacial score (nSPS) is 12.0. The predicted molar refractivity (Wildman–Crippen MR) is 66.3 cm³/mol. The SMILES string of the molecule is COCc1c(OC)ccc(OC)c1C(C)C(=O)O. The number of hydrogen-bond acceptors (Lipinski definition) is 4. The Labute approximate surface area is 106 Å². The Morgan fingerprint density at radius 1 is 1.22 bits per heavy atom. The molecule has 5 nitrogen and oxygen atoms in total. The third-order valence-electron chi connectivity index (χ3n) is 2.81. The summed E-state index contributed by atoms with van der Waals surface area (Å²) < 4.78 is 15.6. The quantitative estimate of drug-likeness (QED) is 0.841. The van der Waals surface area contributed by atoms with Crippen molar-refractivity contribution in [2.24, 2.45) is 0 Å². The van der Waals surface area contributed by atoms with Gasteiger partial charge in [-0.3, -0.25) is 4.79 Å². The Morgan fingerprint density at radius 2 is 1.78 bits per heavy atom. The maximum atomic E-state index is 11.2. The number of rotatable bonds is 6. The van der Waals surface area contributed by atoms with Crippen LogP contribution in [0.3, 0.4) is 0 Å². The summed E-state index contributed by atoms with van der Waals surface area (Å²) >= 11 is 0. The highest BCUT2D eigenvalue weighted by atomic mass is 16.5. The second-order valence-electron chi connectivity index (χ2n) is 3.86. The average molecular weight is 254 g/mol. The zero-order valence-electron chi connectivity index (χ0n) is 11.0. The minimum Gasteiger partial charge on any atom is -0.496 e. The third kappa shape index (κ3) is 2.73. The van der Waals surface area contributed by atoms with E-state index in [0.29, 0.717) is 22.6 Å². The fourth-order valence-corrected chi connectivity index (χ4v) is 1.88. The third-order valence-corrected chi connectivity index (χ3v) is 2.81. The average Bonchev–Trinajstić information content (AvgIpc) is 2.37. The Morgan fingerprint density at radius 3 is 2.22 bits per heavy atom. The minimum atomic E-state index is -0.918. The number of benzene rings is 1. The van der Waals surface area contributed by atoms with Crippen LogP contribution < -0.4 is 9.47 Å². The number of carboxylic acid groups (broad SMARTS) is 1. The fourth-order valence-electron chi connectivity index (χ4n) is 1.88. The number of carbonyl (C=O) groups is 1. The number of methoxy groups -OCH3 is 3. The van der Waals surface area contributed by atoms with E-state index in [9.17, 15) is 9.90 Å².